The molecule has 3 unspecified atom stereocenters. The molecule has 4 rings (SSSR count). The van der Waals surface area contributed by atoms with Crippen molar-refractivity contribution in [3.8, 4) is 0 Å². The minimum atomic E-state index is -1.96. The van der Waals surface area contributed by atoms with Gasteiger partial charge in [-0.05, 0) is 17.2 Å². The molecule has 34 heavy (non-hydrogen) atoms. The predicted octanol–water partition coefficient (Wildman–Crippen LogP) is 2.09. The summed E-state index contributed by atoms with van der Waals surface area (Å²) in [7, 11) is 1.93. The first-order chi connectivity index (χ1) is 16.4. The lowest BCUT2D eigenvalue weighted by Gasteiger charge is -2.41. The summed E-state index contributed by atoms with van der Waals surface area (Å²) < 4.78 is 6.04. The highest BCUT2D eigenvalue weighted by atomic mass is 16.6. The summed E-state index contributed by atoms with van der Waals surface area (Å²) >= 11 is 0. The maximum Gasteiger partial charge on any atom is 0.347 e. The number of benzene rings is 2. The molecule has 1 aromatic heterocycles. The fraction of sp³-hybridized carbons (Fsp3) is 0.308. The van der Waals surface area contributed by atoms with E-state index in [1.54, 1.807) is 60.8 Å². The number of rotatable bonds is 8. The summed E-state index contributed by atoms with van der Waals surface area (Å²) in [6.07, 6.45) is 4.56. The first-order valence-electron chi connectivity index (χ1n) is 11.3. The average Bonchev–Trinajstić information content (AvgIpc) is 3.24. The Hall–Kier alpha value is -3.62. The van der Waals surface area contributed by atoms with Gasteiger partial charge in [0, 0.05) is 19.0 Å². The number of aromatic nitrogens is 2. The number of primary amides is 1. The normalized spacial score (nSPS) is 21.1. The fourth-order valence-electron chi connectivity index (χ4n) is 4.98. The van der Waals surface area contributed by atoms with Crippen LogP contribution in [0.5, 0.6) is 0 Å². The van der Waals surface area contributed by atoms with Crippen LogP contribution in [0.4, 0.5) is 0 Å². The van der Waals surface area contributed by atoms with E-state index >= 15 is 0 Å². The van der Waals surface area contributed by atoms with E-state index < -0.39 is 23.5 Å². The third-order valence-electron chi connectivity index (χ3n) is 6.84. The van der Waals surface area contributed by atoms with E-state index in [1.807, 2.05) is 19.2 Å². The summed E-state index contributed by atoms with van der Waals surface area (Å²) in [6, 6.07) is 18.3. The van der Waals surface area contributed by atoms with Gasteiger partial charge in [-0.25, -0.2) is 14.8 Å². The zero-order chi connectivity index (χ0) is 24.2. The minimum Gasteiger partial charge on any atom is -0.457 e. The Morgan fingerprint density at radius 2 is 1.74 bits per heavy atom. The Balaban J connectivity index is 1.60. The van der Waals surface area contributed by atoms with Gasteiger partial charge in [0.25, 0.3) is 5.91 Å². The van der Waals surface area contributed by atoms with Crippen LogP contribution >= 0.6 is 0 Å². The lowest BCUT2D eigenvalue weighted by molar-refractivity contribution is -0.941. The maximum absolute atomic E-state index is 13.4. The monoisotopic (exact) mass is 461 g/mol. The molecule has 0 spiro atoms. The van der Waals surface area contributed by atoms with Crippen molar-refractivity contribution in [3.05, 3.63) is 96.1 Å². The number of likely N-dealkylation sites (tertiary alicyclic amines) is 1. The van der Waals surface area contributed by atoms with E-state index in [0.717, 1.165) is 12.8 Å². The molecule has 8 nitrogen and oxygen atoms in total. The number of hydrogen-bond acceptors (Lipinski definition) is 6. The van der Waals surface area contributed by atoms with Crippen molar-refractivity contribution in [2.45, 2.75) is 30.5 Å². The number of carbonyl (C=O) groups is 2. The molecule has 1 saturated heterocycles. The highest BCUT2D eigenvalue weighted by Crippen LogP contribution is 2.37. The molecule has 0 radical (unpaired) electrons. The van der Waals surface area contributed by atoms with Gasteiger partial charge in [-0.3, -0.25) is 4.79 Å². The van der Waals surface area contributed by atoms with E-state index in [1.165, 1.54) is 6.33 Å². The number of ether oxygens (including phenoxy) is 1. The van der Waals surface area contributed by atoms with E-state index in [4.69, 9.17) is 10.5 Å². The number of hydrogen-bond donors (Lipinski definition) is 2. The van der Waals surface area contributed by atoms with Crippen LogP contribution in [0.1, 0.15) is 35.7 Å². The zero-order valence-corrected chi connectivity index (χ0v) is 19.1. The Labute approximate surface area is 198 Å². The van der Waals surface area contributed by atoms with E-state index in [2.05, 4.69) is 9.97 Å². The van der Waals surface area contributed by atoms with E-state index in [0.29, 0.717) is 23.4 Å². The molecular weight excluding hydrogens is 432 g/mol. The van der Waals surface area contributed by atoms with Gasteiger partial charge in [-0.15, -0.1) is 0 Å². The molecule has 2 heterocycles. The number of esters is 1. The largest absolute Gasteiger partial charge is 0.457 e. The second kappa shape index (κ2) is 9.70. The molecule has 1 amide bonds. The van der Waals surface area contributed by atoms with E-state index in [-0.39, 0.29) is 17.1 Å². The third-order valence-corrected chi connectivity index (χ3v) is 6.84. The Bertz CT molecular complexity index is 1090. The number of nitrogens with zero attached hydrogens (tertiary/aromatic N) is 3. The minimum absolute atomic E-state index is 0.0339. The topological polar surface area (TPSA) is 115 Å². The van der Waals surface area contributed by atoms with Gasteiger partial charge in [-0.2, -0.15) is 0 Å². The quantitative estimate of drug-likeness (QED) is 0.392. The fourth-order valence-corrected chi connectivity index (χ4v) is 4.98. The smallest absolute Gasteiger partial charge is 0.347 e. The van der Waals surface area contributed by atoms with Crippen LogP contribution in [0.15, 0.2) is 79.3 Å². The summed E-state index contributed by atoms with van der Waals surface area (Å²) in [6.45, 7) is 0.716. The van der Waals surface area contributed by atoms with Crippen LogP contribution in [0.25, 0.3) is 0 Å². The second-order valence-corrected chi connectivity index (χ2v) is 8.85. The first kappa shape index (κ1) is 23.5. The first-order valence-corrected chi connectivity index (χ1v) is 11.3. The molecular formula is C26H29N4O4+. The van der Waals surface area contributed by atoms with Gasteiger partial charge in [0.05, 0.1) is 13.6 Å². The molecule has 0 bridgehead atoms. The molecule has 3 N–H and O–H groups in total. The van der Waals surface area contributed by atoms with Crippen LogP contribution < -0.4 is 5.73 Å². The van der Waals surface area contributed by atoms with E-state index in [9.17, 15) is 14.7 Å². The third kappa shape index (κ3) is 4.30. The summed E-state index contributed by atoms with van der Waals surface area (Å²) in [5.41, 5.74) is 5.23. The molecule has 0 saturated carbocycles. The Kier molecular flexibility index (Phi) is 6.72. The molecule has 3 aromatic rings. The molecule has 1 fully saturated rings. The van der Waals surface area contributed by atoms with Crippen LogP contribution in [-0.2, 0) is 19.9 Å². The van der Waals surface area contributed by atoms with Crippen LogP contribution in [0.2, 0.25) is 0 Å². The predicted molar refractivity (Wildman–Crippen MR) is 125 cm³/mol. The number of carbonyl (C=O) groups excluding carboxylic acids is 2. The second-order valence-electron chi connectivity index (χ2n) is 8.85. The van der Waals surface area contributed by atoms with Crippen molar-refractivity contribution in [2.24, 2.45) is 5.73 Å². The van der Waals surface area contributed by atoms with Gasteiger partial charge >= 0.3 is 5.97 Å². The number of likely N-dealkylation sites (N-methyl/N-ethyl adjacent to an activating group) is 1. The highest BCUT2D eigenvalue weighted by Gasteiger charge is 2.50. The highest BCUT2D eigenvalue weighted by molar-refractivity contribution is 5.85. The van der Waals surface area contributed by atoms with Crippen molar-refractivity contribution in [1.82, 2.24) is 9.97 Å². The van der Waals surface area contributed by atoms with Crippen LogP contribution in [-0.4, -0.2) is 57.7 Å². The van der Waals surface area contributed by atoms with Gasteiger partial charge in [-0.1, -0.05) is 60.7 Å². The molecule has 176 valence electrons. The molecule has 2 aromatic carbocycles. The SMILES string of the molecule is C[N+]1(C(C(N)=O)c2ccncn2)CCCC1COC(=O)C(O)(c1ccccc1)c1ccccc1. The van der Waals surface area contributed by atoms with Gasteiger partial charge < -0.3 is 20.1 Å². The summed E-state index contributed by atoms with van der Waals surface area (Å²) in [5, 5.41) is 11.6. The lowest BCUT2D eigenvalue weighted by Crippen LogP contribution is -2.57. The molecule has 8 heteroatoms. The maximum atomic E-state index is 13.4. The number of amides is 1. The van der Waals surface area contributed by atoms with Crippen molar-refractivity contribution in [1.29, 1.82) is 0 Å². The van der Waals surface area contributed by atoms with Crippen molar-refractivity contribution in [2.75, 3.05) is 20.2 Å². The number of quaternary nitrogens is 1. The van der Waals surface area contributed by atoms with Crippen molar-refractivity contribution >= 4 is 11.9 Å². The molecule has 1 aliphatic rings. The Morgan fingerprint density at radius 1 is 1.12 bits per heavy atom. The molecule has 1 aliphatic heterocycles. The van der Waals surface area contributed by atoms with Gasteiger partial charge in [0.2, 0.25) is 11.6 Å². The number of nitrogens with two attached hydrogens (primary N) is 1. The standard InChI is InChI=1S/C26H28N4O4/c1-30(23(24(27)31)22-14-15-28-18-29-22)16-8-13-21(30)17-34-25(32)26(33,19-9-4-2-5-10-19)20-11-6-3-7-12-20/h2-7,9-12,14-15,18,21,23,33H,8,13,16-17H2,1H3,(H-,27,31)/p+1. The van der Waals surface area contributed by atoms with Gasteiger partial charge in [0.15, 0.2) is 0 Å². The van der Waals surface area contributed by atoms with Crippen molar-refractivity contribution in [3.63, 3.8) is 0 Å². The molecule has 3 atom stereocenters. The number of aliphatic hydroxyl groups is 1. The van der Waals surface area contributed by atoms with Crippen LogP contribution in [0, 0.1) is 0 Å². The van der Waals surface area contributed by atoms with Crippen molar-refractivity contribution < 1.29 is 23.9 Å². The summed E-state index contributed by atoms with van der Waals surface area (Å²) in [4.78, 5) is 34.1. The summed E-state index contributed by atoms with van der Waals surface area (Å²) in [5.74, 6) is -1.26. The van der Waals surface area contributed by atoms with Crippen LogP contribution in [0.3, 0.4) is 0 Å². The average molecular weight is 462 g/mol. The lowest BCUT2D eigenvalue weighted by atomic mass is 9.86. The van der Waals surface area contributed by atoms with Gasteiger partial charge in [0.1, 0.15) is 24.7 Å². The zero-order valence-electron chi connectivity index (χ0n) is 19.1. The molecule has 0 aliphatic carbocycles. The Morgan fingerprint density at radius 3 is 2.26 bits per heavy atom.